The summed E-state index contributed by atoms with van der Waals surface area (Å²) in [5.74, 6) is 0.0557. The summed E-state index contributed by atoms with van der Waals surface area (Å²) in [7, 11) is 1.98. The van der Waals surface area contributed by atoms with E-state index in [2.05, 4.69) is 72.6 Å². The molecule has 0 saturated carbocycles. The second kappa shape index (κ2) is 7.93. The van der Waals surface area contributed by atoms with Gasteiger partial charge in [-0.15, -0.1) is 0 Å². The Morgan fingerprint density at radius 2 is 1.43 bits per heavy atom. The number of nitrogens with one attached hydrogen (secondary N) is 1. The maximum atomic E-state index is 12.3. The van der Waals surface area contributed by atoms with Crippen LogP contribution >= 0.6 is 0 Å². The fourth-order valence-electron chi connectivity index (χ4n) is 2.36. The van der Waals surface area contributed by atoms with E-state index in [4.69, 9.17) is 0 Å². The molecule has 0 aliphatic heterocycles. The maximum absolute atomic E-state index is 12.3. The summed E-state index contributed by atoms with van der Waals surface area (Å²) >= 11 is 0. The lowest BCUT2D eigenvalue weighted by atomic mass is 10.1. The van der Waals surface area contributed by atoms with E-state index in [-0.39, 0.29) is 11.9 Å². The third kappa shape index (κ3) is 5.22. The highest BCUT2D eigenvalue weighted by atomic mass is 16.2. The van der Waals surface area contributed by atoms with Crippen molar-refractivity contribution in [3.8, 4) is 0 Å². The Bertz CT molecular complexity index is 632. The molecular formula is C20H26N2O. The monoisotopic (exact) mass is 310 g/mol. The van der Waals surface area contributed by atoms with E-state index in [1.165, 1.54) is 16.7 Å². The standard InChI is InChI=1S/C20H26N2O/c1-15-5-9-18(10-6-15)13-21-20(23)17(3)22(4)14-19-11-7-16(2)8-12-19/h5-12,17H,13-14H2,1-4H3,(H,21,23)/t17-/m0/s1. The quantitative estimate of drug-likeness (QED) is 0.886. The Morgan fingerprint density at radius 1 is 0.957 bits per heavy atom. The number of hydrogen-bond acceptors (Lipinski definition) is 2. The molecule has 3 heteroatoms. The molecule has 0 aromatic heterocycles. The summed E-state index contributed by atoms with van der Waals surface area (Å²) in [4.78, 5) is 14.4. The molecule has 23 heavy (non-hydrogen) atoms. The Labute approximate surface area is 139 Å². The molecule has 0 fully saturated rings. The van der Waals surface area contributed by atoms with Crippen molar-refractivity contribution in [2.24, 2.45) is 0 Å². The van der Waals surface area contributed by atoms with Crippen molar-refractivity contribution in [1.29, 1.82) is 0 Å². The van der Waals surface area contributed by atoms with Crippen LogP contribution in [0.2, 0.25) is 0 Å². The largest absolute Gasteiger partial charge is 0.351 e. The van der Waals surface area contributed by atoms with Crippen LogP contribution in [0, 0.1) is 13.8 Å². The summed E-state index contributed by atoms with van der Waals surface area (Å²) in [6.07, 6.45) is 0. The van der Waals surface area contributed by atoms with Crippen LogP contribution in [0.15, 0.2) is 48.5 Å². The minimum atomic E-state index is -0.165. The average molecular weight is 310 g/mol. The molecule has 0 aliphatic carbocycles. The first-order valence-corrected chi connectivity index (χ1v) is 8.05. The molecule has 0 aliphatic rings. The normalized spacial score (nSPS) is 12.2. The van der Waals surface area contributed by atoms with E-state index in [1.807, 2.05) is 14.0 Å². The van der Waals surface area contributed by atoms with Gasteiger partial charge in [0, 0.05) is 13.1 Å². The van der Waals surface area contributed by atoms with Crippen LogP contribution in [0.3, 0.4) is 0 Å². The number of benzene rings is 2. The Kier molecular flexibility index (Phi) is 5.94. The molecule has 2 aromatic carbocycles. The Morgan fingerprint density at radius 3 is 1.96 bits per heavy atom. The van der Waals surface area contributed by atoms with Crippen molar-refractivity contribution in [1.82, 2.24) is 10.2 Å². The highest BCUT2D eigenvalue weighted by Gasteiger charge is 2.17. The predicted octanol–water partition coefficient (Wildman–Crippen LogP) is 3.44. The fraction of sp³-hybridized carbons (Fsp3) is 0.350. The summed E-state index contributed by atoms with van der Waals surface area (Å²) in [6.45, 7) is 7.42. The molecule has 2 aromatic rings. The van der Waals surface area contributed by atoms with Crippen LogP contribution in [0.5, 0.6) is 0 Å². The molecule has 1 atom stereocenters. The molecule has 0 unspecified atom stereocenters. The van der Waals surface area contributed by atoms with Crippen LogP contribution in [-0.2, 0) is 17.9 Å². The third-order valence-electron chi connectivity index (χ3n) is 4.18. The summed E-state index contributed by atoms with van der Waals surface area (Å²) in [5, 5.41) is 3.01. The molecule has 2 rings (SSSR count). The van der Waals surface area contributed by atoms with Crippen molar-refractivity contribution >= 4 is 5.91 Å². The molecular weight excluding hydrogens is 284 g/mol. The summed E-state index contributed by atoms with van der Waals surface area (Å²) in [5.41, 5.74) is 4.82. The number of carbonyl (C=O) groups excluding carboxylic acids is 1. The van der Waals surface area contributed by atoms with Crippen molar-refractivity contribution in [3.05, 3.63) is 70.8 Å². The van der Waals surface area contributed by atoms with Gasteiger partial charge in [-0.2, -0.15) is 0 Å². The van der Waals surface area contributed by atoms with E-state index < -0.39 is 0 Å². The minimum absolute atomic E-state index is 0.0557. The van der Waals surface area contributed by atoms with Gasteiger partial charge in [-0.1, -0.05) is 59.7 Å². The zero-order valence-corrected chi connectivity index (χ0v) is 14.5. The van der Waals surface area contributed by atoms with Crippen molar-refractivity contribution in [3.63, 3.8) is 0 Å². The number of nitrogens with zero attached hydrogens (tertiary/aromatic N) is 1. The molecule has 0 spiro atoms. The number of amides is 1. The zero-order chi connectivity index (χ0) is 16.8. The van der Waals surface area contributed by atoms with E-state index in [0.29, 0.717) is 6.54 Å². The number of rotatable bonds is 6. The van der Waals surface area contributed by atoms with Crippen molar-refractivity contribution in [2.45, 2.75) is 39.9 Å². The third-order valence-corrected chi connectivity index (χ3v) is 4.18. The van der Waals surface area contributed by atoms with Crippen LogP contribution in [0.4, 0.5) is 0 Å². The van der Waals surface area contributed by atoms with Gasteiger partial charge in [0.2, 0.25) is 5.91 Å². The van der Waals surface area contributed by atoms with Gasteiger partial charge in [0.25, 0.3) is 0 Å². The first kappa shape index (κ1) is 17.2. The zero-order valence-electron chi connectivity index (χ0n) is 14.5. The molecule has 0 heterocycles. The Balaban J connectivity index is 1.85. The number of carbonyl (C=O) groups is 1. The van der Waals surface area contributed by atoms with Crippen molar-refractivity contribution < 1.29 is 4.79 Å². The average Bonchev–Trinajstić information content (AvgIpc) is 2.55. The highest BCUT2D eigenvalue weighted by molar-refractivity contribution is 5.81. The number of likely N-dealkylation sites (N-methyl/N-ethyl adjacent to an activating group) is 1. The van der Waals surface area contributed by atoms with Gasteiger partial charge in [-0.3, -0.25) is 9.69 Å². The Hall–Kier alpha value is -2.13. The van der Waals surface area contributed by atoms with Crippen LogP contribution in [-0.4, -0.2) is 23.9 Å². The summed E-state index contributed by atoms with van der Waals surface area (Å²) in [6, 6.07) is 16.5. The maximum Gasteiger partial charge on any atom is 0.237 e. The molecule has 1 N–H and O–H groups in total. The van der Waals surface area contributed by atoms with Crippen molar-refractivity contribution in [2.75, 3.05) is 7.05 Å². The fourth-order valence-corrected chi connectivity index (χ4v) is 2.36. The first-order valence-electron chi connectivity index (χ1n) is 8.05. The van der Waals surface area contributed by atoms with E-state index in [9.17, 15) is 4.79 Å². The topological polar surface area (TPSA) is 32.3 Å². The molecule has 0 radical (unpaired) electrons. The van der Waals surface area contributed by atoms with Crippen LogP contribution in [0.1, 0.15) is 29.2 Å². The van der Waals surface area contributed by atoms with Gasteiger partial charge in [-0.05, 0) is 38.9 Å². The van der Waals surface area contributed by atoms with Gasteiger partial charge < -0.3 is 5.32 Å². The second-order valence-corrected chi connectivity index (χ2v) is 6.28. The molecule has 0 saturated heterocycles. The first-order chi connectivity index (χ1) is 11.0. The van der Waals surface area contributed by atoms with Gasteiger partial charge in [0.1, 0.15) is 0 Å². The predicted molar refractivity (Wildman–Crippen MR) is 95.1 cm³/mol. The molecule has 3 nitrogen and oxygen atoms in total. The van der Waals surface area contributed by atoms with E-state index in [0.717, 1.165) is 12.1 Å². The number of aryl methyl sites for hydroxylation is 2. The van der Waals surface area contributed by atoms with Gasteiger partial charge in [0.05, 0.1) is 6.04 Å². The smallest absolute Gasteiger partial charge is 0.237 e. The van der Waals surface area contributed by atoms with Crippen LogP contribution in [0.25, 0.3) is 0 Å². The number of hydrogen-bond donors (Lipinski definition) is 1. The van der Waals surface area contributed by atoms with Gasteiger partial charge >= 0.3 is 0 Å². The highest BCUT2D eigenvalue weighted by Crippen LogP contribution is 2.09. The minimum Gasteiger partial charge on any atom is -0.351 e. The van der Waals surface area contributed by atoms with Gasteiger partial charge in [0.15, 0.2) is 0 Å². The van der Waals surface area contributed by atoms with E-state index >= 15 is 0 Å². The molecule has 122 valence electrons. The SMILES string of the molecule is Cc1ccc(CNC(=O)[C@H](C)N(C)Cc2ccc(C)cc2)cc1. The summed E-state index contributed by atoms with van der Waals surface area (Å²) < 4.78 is 0. The lowest BCUT2D eigenvalue weighted by Crippen LogP contribution is -2.42. The van der Waals surface area contributed by atoms with E-state index in [1.54, 1.807) is 0 Å². The molecule has 0 bridgehead atoms. The second-order valence-electron chi connectivity index (χ2n) is 6.28. The molecule has 1 amide bonds. The van der Waals surface area contributed by atoms with Gasteiger partial charge in [-0.25, -0.2) is 0 Å². The lowest BCUT2D eigenvalue weighted by molar-refractivity contribution is -0.125. The lowest BCUT2D eigenvalue weighted by Gasteiger charge is -2.24. The van der Waals surface area contributed by atoms with Crippen LogP contribution < -0.4 is 5.32 Å².